The molecule has 0 unspecified atom stereocenters. The molecule has 0 amide bonds. The standard InChI is InChI=1S/C14H24N2O4S/c1-20-13(17)8-7-11-21(18,19)16-14(12-15)9-5-3-2-4-6-10-14/h16H,2-11H2,1H3. The van der Waals surface area contributed by atoms with Crippen LogP contribution in [0.3, 0.4) is 0 Å². The minimum Gasteiger partial charge on any atom is -0.469 e. The zero-order valence-corrected chi connectivity index (χ0v) is 13.4. The second-order valence-electron chi connectivity index (χ2n) is 5.56. The van der Waals surface area contributed by atoms with Gasteiger partial charge in [0.15, 0.2) is 0 Å². The molecule has 1 N–H and O–H groups in total. The van der Waals surface area contributed by atoms with Crippen LogP contribution in [0.25, 0.3) is 0 Å². The van der Waals surface area contributed by atoms with E-state index in [2.05, 4.69) is 15.5 Å². The lowest BCUT2D eigenvalue weighted by atomic mass is 9.86. The predicted molar refractivity (Wildman–Crippen MR) is 78.8 cm³/mol. The summed E-state index contributed by atoms with van der Waals surface area (Å²) in [5.41, 5.74) is -0.982. The Morgan fingerprint density at radius 3 is 2.33 bits per heavy atom. The zero-order valence-electron chi connectivity index (χ0n) is 12.6. The number of nitriles is 1. The van der Waals surface area contributed by atoms with Crippen LogP contribution in [0.4, 0.5) is 0 Å². The van der Waals surface area contributed by atoms with Gasteiger partial charge in [0, 0.05) is 6.42 Å². The van der Waals surface area contributed by atoms with E-state index in [1.54, 1.807) is 0 Å². The molecule has 1 aliphatic rings. The fourth-order valence-corrected chi connectivity index (χ4v) is 4.07. The molecule has 0 atom stereocenters. The highest BCUT2D eigenvalue weighted by Gasteiger charge is 2.34. The third-order valence-corrected chi connectivity index (χ3v) is 5.32. The van der Waals surface area contributed by atoms with Crippen molar-refractivity contribution in [3.63, 3.8) is 0 Å². The van der Waals surface area contributed by atoms with Gasteiger partial charge in [0.25, 0.3) is 0 Å². The van der Waals surface area contributed by atoms with Crippen molar-refractivity contribution >= 4 is 16.0 Å². The molecule has 0 spiro atoms. The maximum absolute atomic E-state index is 12.1. The molecule has 0 aromatic rings. The quantitative estimate of drug-likeness (QED) is 0.755. The molecule has 6 nitrogen and oxygen atoms in total. The molecule has 0 aliphatic heterocycles. The van der Waals surface area contributed by atoms with Crippen molar-refractivity contribution < 1.29 is 17.9 Å². The van der Waals surface area contributed by atoms with Gasteiger partial charge in [-0.1, -0.05) is 32.1 Å². The molecule has 21 heavy (non-hydrogen) atoms. The molecule has 0 heterocycles. The van der Waals surface area contributed by atoms with Gasteiger partial charge in [0.05, 0.1) is 18.9 Å². The summed E-state index contributed by atoms with van der Waals surface area (Å²) < 4.78 is 31.3. The van der Waals surface area contributed by atoms with Crippen LogP contribution in [0.15, 0.2) is 0 Å². The lowest BCUT2D eigenvalue weighted by molar-refractivity contribution is -0.140. The van der Waals surface area contributed by atoms with Crippen LogP contribution in [-0.2, 0) is 19.6 Å². The van der Waals surface area contributed by atoms with Crippen molar-refractivity contribution in [2.75, 3.05) is 12.9 Å². The molecule has 1 saturated carbocycles. The van der Waals surface area contributed by atoms with Crippen molar-refractivity contribution in [1.82, 2.24) is 4.72 Å². The van der Waals surface area contributed by atoms with Gasteiger partial charge in [0.1, 0.15) is 5.54 Å². The van der Waals surface area contributed by atoms with E-state index >= 15 is 0 Å². The Kier molecular flexibility index (Phi) is 7.12. The number of nitrogens with zero attached hydrogens (tertiary/aromatic N) is 1. The number of ether oxygens (including phenoxy) is 1. The molecular weight excluding hydrogens is 292 g/mol. The average Bonchev–Trinajstić information content (AvgIpc) is 2.41. The fraction of sp³-hybridized carbons (Fsp3) is 0.857. The smallest absolute Gasteiger partial charge is 0.305 e. The Hall–Kier alpha value is -1.13. The number of rotatable bonds is 6. The Morgan fingerprint density at radius 1 is 1.24 bits per heavy atom. The van der Waals surface area contributed by atoms with E-state index in [0.29, 0.717) is 12.8 Å². The second kappa shape index (κ2) is 8.35. The fourth-order valence-electron chi connectivity index (χ4n) is 2.60. The minimum absolute atomic E-state index is 0.0664. The largest absolute Gasteiger partial charge is 0.469 e. The summed E-state index contributed by atoms with van der Waals surface area (Å²) in [7, 11) is -2.29. The van der Waals surface area contributed by atoms with Gasteiger partial charge in [0.2, 0.25) is 10.0 Å². The summed E-state index contributed by atoms with van der Waals surface area (Å²) in [5.74, 6) is -0.586. The molecule has 1 rings (SSSR count). The van der Waals surface area contributed by atoms with E-state index in [4.69, 9.17) is 0 Å². The van der Waals surface area contributed by atoms with Gasteiger partial charge >= 0.3 is 5.97 Å². The summed E-state index contributed by atoms with van der Waals surface area (Å²) in [6.07, 6.45) is 6.31. The van der Waals surface area contributed by atoms with E-state index < -0.39 is 21.5 Å². The number of carbonyl (C=O) groups is 1. The van der Waals surface area contributed by atoms with E-state index in [0.717, 1.165) is 32.1 Å². The zero-order chi connectivity index (χ0) is 15.8. The first-order valence-corrected chi connectivity index (χ1v) is 9.08. The summed E-state index contributed by atoms with van der Waals surface area (Å²) in [4.78, 5) is 11.0. The highest BCUT2D eigenvalue weighted by Crippen LogP contribution is 2.26. The van der Waals surface area contributed by atoms with Crippen LogP contribution in [-0.4, -0.2) is 32.8 Å². The Morgan fingerprint density at radius 2 is 1.81 bits per heavy atom. The van der Waals surface area contributed by atoms with Crippen molar-refractivity contribution in [1.29, 1.82) is 5.26 Å². The van der Waals surface area contributed by atoms with Gasteiger partial charge < -0.3 is 4.74 Å². The Labute approximate surface area is 126 Å². The van der Waals surface area contributed by atoms with Crippen molar-refractivity contribution in [3.8, 4) is 6.07 Å². The summed E-state index contributed by atoms with van der Waals surface area (Å²) >= 11 is 0. The van der Waals surface area contributed by atoms with Crippen molar-refractivity contribution in [2.45, 2.75) is 63.3 Å². The first kappa shape index (κ1) is 17.9. The van der Waals surface area contributed by atoms with Gasteiger partial charge in [-0.3, -0.25) is 4.79 Å². The highest BCUT2D eigenvalue weighted by atomic mass is 32.2. The van der Waals surface area contributed by atoms with Crippen molar-refractivity contribution in [2.24, 2.45) is 0 Å². The number of hydrogen-bond donors (Lipinski definition) is 1. The monoisotopic (exact) mass is 316 g/mol. The van der Waals surface area contributed by atoms with Crippen molar-refractivity contribution in [3.05, 3.63) is 0 Å². The van der Waals surface area contributed by atoms with Gasteiger partial charge in [-0.15, -0.1) is 0 Å². The highest BCUT2D eigenvalue weighted by molar-refractivity contribution is 7.89. The van der Waals surface area contributed by atoms with Crippen LogP contribution < -0.4 is 4.72 Å². The normalized spacial score (nSPS) is 19.0. The maximum atomic E-state index is 12.1. The Bertz CT molecular complexity index is 474. The predicted octanol–water partition coefficient (Wildman–Crippen LogP) is 1.87. The molecule has 7 heteroatoms. The van der Waals surface area contributed by atoms with Crippen LogP contribution in [0.5, 0.6) is 0 Å². The van der Waals surface area contributed by atoms with Crippen LogP contribution >= 0.6 is 0 Å². The molecule has 120 valence electrons. The summed E-state index contributed by atoms with van der Waals surface area (Å²) in [5, 5.41) is 9.42. The van der Waals surface area contributed by atoms with Gasteiger partial charge in [-0.2, -0.15) is 9.98 Å². The topological polar surface area (TPSA) is 96.3 Å². The summed E-state index contributed by atoms with van der Waals surface area (Å²) in [6, 6.07) is 2.17. The van der Waals surface area contributed by atoms with Gasteiger partial charge in [-0.05, 0) is 19.3 Å². The molecule has 1 aliphatic carbocycles. The van der Waals surface area contributed by atoms with Crippen LogP contribution in [0.1, 0.15) is 57.8 Å². The first-order valence-electron chi connectivity index (χ1n) is 7.43. The molecule has 1 fully saturated rings. The molecule has 0 aromatic carbocycles. The molecule has 0 bridgehead atoms. The molecule has 0 saturated heterocycles. The van der Waals surface area contributed by atoms with Crippen LogP contribution in [0.2, 0.25) is 0 Å². The number of methoxy groups -OCH3 is 1. The van der Waals surface area contributed by atoms with Gasteiger partial charge in [-0.25, -0.2) is 8.42 Å². The van der Waals surface area contributed by atoms with Crippen LogP contribution in [0, 0.1) is 11.3 Å². The number of esters is 1. The second-order valence-corrected chi connectivity index (χ2v) is 7.40. The lowest BCUT2D eigenvalue weighted by Gasteiger charge is -2.29. The first-order chi connectivity index (χ1) is 9.93. The number of nitrogens with one attached hydrogen (secondary N) is 1. The third-order valence-electron chi connectivity index (χ3n) is 3.79. The van der Waals surface area contributed by atoms with E-state index in [1.807, 2.05) is 0 Å². The van der Waals surface area contributed by atoms with E-state index in [9.17, 15) is 18.5 Å². The SMILES string of the molecule is COC(=O)CCCS(=O)(=O)NC1(C#N)CCCCCCC1. The maximum Gasteiger partial charge on any atom is 0.305 e. The summed E-state index contributed by atoms with van der Waals surface area (Å²) in [6.45, 7) is 0. The third kappa shape index (κ3) is 6.44. The lowest BCUT2D eigenvalue weighted by Crippen LogP contribution is -2.48. The molecule has 0 radical (unpaired) electrons. The number of carbonyl (C=O) groups excluding carboxylic acids is 1. The van der Waals surface area contributed by atoms with E-state index in [-0.39, 0.29) is 18.6 Å². The number of sulfonamides is 1. The molecular formula is C14H24N2O4S. The Balaban J connectivity index is 2.61. The molecule has 0 aromatic heterocycles. The minimum atomic E-state index is -3.56. The van der Waals surface area contributed by atoms with E-state index in [1.165, 1.54) is 7.11 Å². The number of hydrogen-bond acceptors (Lipinski definition) is 5. The average molecular weight is 316 g/mol.